The number of nitro groups is 1. The molecule has 0 fully saturated rings. The Bertz CT molecular complexity index is 1390. The van der Waals surface area contributed by atoms with Gasteiger partial charge in [0, 0.05) is 22.9 Å². The van der Waals surface area contributed by atoms with E-state index in [0.717, 1.165) is 0 Å². The van der Waals surface area contributed by atoms with Gasteiger partial charge in [-0.25, -0.2) is 4.98 Å². The zero-order valence-corrected chi connectivity index (χ0v) is 16.8. The maximum Gasteiger partial charge on any atom is 0.273 e. The molecule has 1 amide bonds. The fourth-order valence-electron chi connectivity index (χ4n) is 3.51. The number of aryl methyl sites for hydroxylation is 1. The maximum atomic E-state index is 12.9. The molecule has 154 valence electrons. The Balaban J connectivity index is 1.64. The molecule has 1 aromatic heterocycles. The number of rotatable bonds is 4. The molecule has 0 aliphatic rings. The molecule has 0 atom stereocenters. The van der Waals surface area contributed by atoms with Gasteiger partial charge in [0.2, 0.25) is 0 Å². The average molecular weight is 414 g/mol. The van der Waals surface area contributed by atoms with Crippen molar-refractivity contribution in [3.63, 3.8) is 0 Å². The molecule has 0 saturated carbocycles. The average Bonchev–Trinajstić information content (AvgIpc) is 2.75. The lowest BCUT2D eigenvalue weighted by molar-refractivity contribution is -0.385. The lowest BCUT2D eigenvalue weighted by atomic mass is 10.1. The first-order valence-corrected chi connectivity index (χ1v) is 9.51. The number of hydrogen-bond acceptors (Lipinski definition) is 5. The number of nitrogens with one attached hydrogen (secondary N) is 1. The smallest absolute Gasteiger partial charge is 0.273 e. The van der Waals surface area contributed by atoms with E-state index in [9.17, 15) is 19.7 Å². The van der Waals surface area contributed by atoms with Crippen molar-refractivity contribution in [2.24, 2.45) is 0 Å². The second kappa shape index (κ2) is 7.83. The Morgan fingerprint density at radius 3 is 2.42 bits per heavy atom. The molecule has 4 rings (SSSR count). The largest absolute Gasteiger partial charge is 0.322 e. The highest BCUT2D eigenvalue weighted by atomic mass is 16.6. The van der Waals surface area contributed by atoms with Crippen LogP contribution in [0.3, 0.4) is 0 Å². The van der Waals surface area contributed by atoms with Crippen LogP contribution in [0, 0.1) is 24.0 Å². The third-order valence-electron chi connectivity index (χ3n) is 5.07. The Kier molecular flexibility index (Phi) is 5.04. The van der Waals surface area contributed by atoms with Crippen LogP contribution in [0.2, 0.25) is 0 Å². The molecule has 4 aromatic rings. The summed E-state index contributed by atoms with van der Waals surface area (Å²) >= 11 is 0. The number of anilines is 1. The normalized spacial score (nSPS) is 10.8. The SMILES string of the molecule is Cc1c(C(=O)Nc2ccc(-n3c(C)nc4ccccc4c3=O)cc2)cccc1[N+](=O)[O-]. The van der Waals surface area contributed by atoms with E-state index < -0.39 is 10.8 Å². The summed E-state index contributed by atoms with van der Waals surface area (Å²) in [7, 11) is 0. The van der Waals surface area contributed by atoms with E-state index in [2.05, 4.69) is 10.3 Å². The van der Waals surface area contributed by atoms with Crippen LogP contribution in [0.25, 0.3) is 16.6 Å². The quantitative estimate of drug-likeness (QED) is 0.398. The summed E-state index contributed by atoms with van der Waals surface area (Å²) < 4.78 is 1.51. The number of nitro benzene ring substituents is 1. The van der Waals surface area contributed by atoms with Gasteiger partial charge in [-0.3, -0.25) is 24.3 Å². The van der Waals surface area contributed by atoms with Crippen LogP contribution in [-0.4, -0.2) is 20.4 Å². The summed E-state index contributed by atoms with van der Waals surface area (Å²) in [6.45, 7) is 3.30. The van der Waals surface area contributed by atoms with Crippen molar-refractivity contribution in [3.8, 4) is 5.69 Å². The first kappa shape index (κ1) is 20.0. The van der Waals surface area contributed by atoms with Gasteiger partial charge in [-0.15, -0.1) is 0 Å². The van der Waals surface area contributed by atoms with Crippen LogP contribution in [-0.2, 0) is 0 Å². The third-order valence-corrected chi connectivity index (χ3v) is 5.07. The van der Waals surface area contributed by atoms with Gasteiger partial charge in [0.05, 0.1) is 21.5 Å². The van der Waals surface area contributed by atoms with Crippen molar-refractivity contribution in [1.29, 1.82) is 0 Å². The number of amides is 1. The van der Waals surface area contributed by atoms with Gasteiger partial charge in [-0.05, 0) is 56.3 Å². The fraction of sp³-hybridized carbons (Fsp3) is 0.0870. The number of fused-ring (bicyclic) bond motifs is 1. The minimum atomic E-state index is -0.515. The van der Waals surface area contributed by atoms with Crippen LogP contribution >= 0.6 is 0 Å². The van der Waals surface area contributed by atoms with Crippen molar-refractivity contribution in [3.05, 3.63) is 104 Å². The molecule has 0 spiro atoms. The van der Waals surface area contributed by atoms with Gasteiger partial charge >= 0.3 is 0 Å². The summed E-state index contributed by atoms with van der Waals surface area (Å²) in [5, 5.41) is 14.4. The molecule has 8 heteroatoms. The lowest BCUT2D eigenvalue weighted by Gasteiger charge is -2.12. The number of benzene rings is 3. The Morgan fingerprint density at radius 2 is 1.71 bits per heavy atom. The summed E-state index contributed by atoms with van der Waals surface area (Å²) in [6, 6.07) is 18.3. The van der Waals surface area contributed by atoms with E-state index in [-0.39, 0.29) is 16.8 Å². The topological polar surface area (TPSA) is 107 Å². The summed E-state index contributed by atoms with van der Waals surface area (Å²) in [5.41, 5.74) is 1.99. The number of aromatic nitrogens is 2. The molecule has 31 heavy (non-hydrogen) atoms. The standard InChI is InChI=1S/C23H18N4O4/c1-14-18(7-5-9-21(14)27(30)31)22(28)25-16-10-12-17(13-11-16)26-15(2)24-20-8-4-3-6-19(20)23(26)29/h3-13H,1-2H3,(H,25,28). The highest BCUT2D eigenvalue weighted by molar-refractivity contribution is 6.05. The van der Waals surface area contributed by atoms with Crippen molar-refractivity contribution in [1.82, 2.24) is 9.55 Å². The molecule has 0 saturated heterocycles. The number of carbonyl (C=O) groups excluding carboxylic acids is 1. The van der Waals surface area contributed by atoms with E-state index in [1.54, 1.807) is 49.4 Å². The van der Waals surface area contributed by atoms with Crippen molar-refractivity contribution >= 4 is 28.2 Å². The Morgan fingerprint density at radius 1 is 1.00 bits per heavy atom. The van der Waals surface area contributed by atoms with Crippen molar-refractivity contribution in [2.45, 2.75) is 13.8 Å². The molecule has 1 heterocycles. The molecule has 1 N–H and O–H groups in total. The highest BCUT2D eigenvalue weighted by Crippen LogP contribution is 2.22. The van der Waals surface area contributed by atoms with Gasteiger partial charge < -0.3 is 5.32 Å². The number of carbonyl (C=O) groups is 1. The number of nitrogens with zero attached hydrogens (tertiary/aromatic N) is 3. The van der Waals surface area contributed by atoms with E-state index >= 15 is 0 Å². The summed E-state index contributed by atoms with van der Waals surface area (Å²) in [4.78, 5) is 40.6. The second-order valence-corrected chi connectivity index (χ2v) is 7.02. The van der Waals surface area contributed by atoms with Crippen molar-refractivity contribution < 1.29 is 9.72 Å². The van der Waals surface area contributed by atoms with Crippen molar-refractivity contribution in [2.75, 3.05) is 5.32 Å². The monoisotopic (exact) mass is 414 g/mol. The second-order valence-electron chi connectivity index (χ2n) is 7.02. The minimum absolute atomic E-state index is 0.110. The molecule has 8 nitrogen and oxygen atoms in total. The maximum absolute atomic E-state index is 12.9. The zero-order chi connectivity index (χ0) is 22.1. The molecule has 0 unspecified atom stereocenters. The van der Waals surface area contributed by atoms with Gasteiger partial charge in [-0.2, -0.15) is 0 Å². The predicted molar refractivity (Wildman–Crippen MR) is 118 cm³/mol. The number of hydrogen-bond donors (Lipinski definition) is 1. The van der Waals surface area contributed by atoms with Gasteiger partial charge in [-0.1, -0.05) is 18.2 Å². The minimum Gasteiger partial charge on any atom is -0.322 e. The highest BCUT2D eigenvalue weighted by Gasteiger charge is 2.18. The Hall–Kier alpha value is -4.33. The lowest BCUT2D eigenvalue weighted by Crippen LogP contribution is -2.22. The summed E-state index contributed by atoms with van der Waals surface area (Å²) in [5.74, 6) is 0.0994. The first-order chi connectivity index (χ1) is 14.9. The molecular formula is C23H18N4O4. The molecular weight excluding hydrogens is 396 g/mol. The van der Waals surface area contributed by atoms with Gasteiger partial charge in [0.1, 0.15) is 5.82 Å². The predicted octanol–water partition coefficient (Wildman–Crippen LogP) is 4.16. The fourth-order valence-corrected chi connectivity index (χ4v) is 3.51. The molecule has 0 aliphatic heterocycles. The van der Waals surface area contributed by atoms with Crippen LogP contribution in [0.5, 0.6) is 0 Å². The van der Waals surface area contributed by atoms with E-state index in [1.807, 2.05) is 6.07 Å². The molecule has 0 radical (unpaired) electrons. The van der Waals surface area contributed by atoms with Gasteiger partial charge in [0.25, 0.3) is 17.2 Å². The number of para-hydroxylation sites is 1. The van der Waals surface area contributed by atoms with Gasteiger partial charge in [0.15, 0.2) is 0 Å². The Labute approximate surface area is 176 Å². The first-order valence-electron chi connectivity index (χ1n) is 9.51. The van der Waals surface area contributed by atoms with Crippen LogP contribution in [0.4, 0.5) is 11.4 Å². The molecule has 0 bridgehead atoms. The van der Waals surface area contributed by atoms with E-state index in [4.69, 9.17) is 0 Å². The van der Waals surface area contributed by atoms with E-state index in [1.165, 1.54) is 29.7 Å². The van der Waals surface area contributed by atoms with Crippen LogP contribution in [0.1, 0.15) is 21.7 Å². The summed E-state index contributed by atoms with van der Waals surface area (Å²) in [6.07, 6.45) is 0. The van der Waals surface area contributed by atoms with Crippen LogP contribution in [0.15, 0.2) is 71.5 Å². The third kappa shape index (κ3) is 3.66. The zero-order valence-electron chi connectivity index (χ0n) is 16.8. The molecule has 3 aromatic carbocycles. The molecule has 0 aliphatic carbocycles. The van der Waals surface area contributed by atoms with E-state index in [0.29, 0.717) is 33.7 Å². The van der Waals surface area contributed by atoms with Crippen LogP contribution < -0.4 is 10.9 Å².